The van der Waals surface area contributed by atoms with Gasteiger partial charge in [0, 0.05) is 33.2 Å². The van der Waals surface area contributed by atoms with Crippen LogP contribution in [0.2, 0.25) is 0 Å². The highest BCUT2D eigenvalue weighted by atomic mass is 79.9. The van der Waals surface area contributed by atoms with Crippen molar-refractivity contribution in [2.24, 2.45) is 0 Å². The number of hydrogen-bond acceptors (Lipinski definition) is 3. The number of alkyl halides is 3. The Balaban J connectivity index is 0.000000284. The zero-order valence-corrected chi connectivity index (χ0v) is 15.2. The van der Waals surface area contributed by atoms with Gasteiger partial charge >= 0.3 is 5.51 Å². The monoisotopic (exact) mass is 475 g/mol. The van der Waals surface area contributed by atoms with Crippen molar-refractivity contribution < 1.29 is 31.5 Å². The van der Waals surface area contributed by atoms with E-state index in [9.17, 15) is 13.2 Å². The van der Waals surface area contributed by atoms with Crippen LogP contribution in [0.3, 0.4) is 0 Å². The summed E-state index contributed by atoms with van der Waals surface area (Å²) in [6, 6.07) is 16.5. The van der Waals surface area contributed by atoms with E-state index in [1.165, 1.54) is 11.4 Å². The van der Waals surface area contributed by atoms with E-state index in [4.69, 9.17) is 13.0 Å². The summed E-state index contributed by atoms with van der Waals surface area (Å²) in [7, 11) is -6.09. The maximum absolute atomic E-state index is 10.7. The molecule has 0 bridgehead atoms. The normalized spacial score (nSPS) is 11.6. The number of rotatable bonds is 2. The fourth-order valence-electron chi connectivity index (χ4n) is 1.31. The number of hydrogen-bond donors (Lipinski definition) is 1. The van der Waals surface area contributed by atoms with E-state index < -0.39 is 15.6 Å². The van der Waals surface area contributed by atoms with Gasteiger partial charge in [-0.3, -0.25) is 5.32 Å². The fourth-order valence-corrected chi connectivity index (χ4v) is 1.84. The molecule has 2 aromatic carbocycles. The van der Waals surface area contributed by atoms with Gasteiger partial charge < -0.3 is 4.55 Å². The van der Waals surface area contributed by atoms with E-state index in [0.717, 1.165) is 8.95 Å². The van der Waals surface area contributed by atoms with Crippen molar-refractivity contribution in [2.75, 3.05) is 0 Å². The lowest BCUT2D eigenvalue weighted by molar-refractivity contribution is -0.478. The first-order valence-electron chi connectivity index (χ1n) is 5.87. The standard InChI is InChI=1S/C12H9Br2N.CHF3O3S/c13-9-1-5-11(6-2-9)15-12-7-3-10(14)4-8-12;2-1(3,4)8(5,6)7/h1-8,15H;(H,5,6,7). The first-order chi connectivity index (χ1) is 10.5. The number of halogens is 5. The summed E-state index contributed by atoms with van der Waals surface area (Å²) in [6.07, 6.45) is 0. The molecule has 4 nitrogen and oxygen atoms in total. The molecular weight excluding hydrogens is 467 g/mol. The van der Waals surface area contributed by atoms with E-state index in [1.807, 2.05) is 24.3 Å². The summed E-state index contributed by atoms with van der Waals surface area (Å²) >= 11 is 6.84. The molecule has 0 unspecified atom stereocenters. The quantitative estimate of drug-likeness (QED) is 0.407. The van der Waals surface area contributed by atoms with Crippen LogP contribution in [0.25, 0.3) is 0 Å². The van der Waals surface area contributed by atoms with E-state index in [1.54, 1.807) is 0 Å². The van der Waals surface area contributed by atoms with Gasteiger partial charge in [-0.05, 0) is 24.3 Å². The van der Waals surface area contributed by atoms with E-state index >= 15 is 0 Å². The zero-order valence-electron chi connectivity index (χ0n) is 11.2. The van der Waals surface area contributed by atoms with Crippen molar-refractivity contribution in [1.29, 1.82) is 0 Å². The van der Waals surface area contributed by atoms with Crippen molar-refractivity contribution in [3.8, 4) is 0 Å². The highest BCUT2D eigenvalue weighted by molar-refractivity contribution is 9.10. The van der Waals surface area contributed by atoms with Gasteiger partial charge in [-0.2, -0.15) is 13.2 Å². The Kier molecular flexibility index (Phi) is 7.21. The number of nitrogens with two attached hydrogens (primary N) is 1. The Morgan fingerprint density at radius 1 is 0.826 bits per heavy atom. The van der Waals surface area contributed by atoms with Crippen molar-refractivity contribution in [2.45, 2.75) is 5.51 Å². The van der Waals surface area contributed by atoms with Gasteiger partial charge in [0.15, 0.2) is 10.1 Å². The van der Waals surface area contributed by atoms with Crippen molar-refractivity contribution in [3.63, 3.8) is 0 Å². The second kappa shape index (κ2) is 8.25. The minimum Gasteiger partial charge on any atom is -0.741 e. The molecule has 0 heterocycles. The maximum Gasteiger partial charge on any atom is 0.485 e. The molecule has 2 aromatic rings. The lowest BCUT2D eigenvalue weighted by Gasteiger charge is -2.08. The molecule has 0 aromatic heterocycles. The Labute approximate surface area is 147 Å². The minimum absolute atomic E-state index is 1.11. The summed E-state index contributed by atoms with van der Waals surface area (Å²) in [5.41, 5.74) is -3.23. The Hall–Kier alpha value is -0.940. The van der Waals surface area contributed by atoms with Crippen molar-refractivity contribution in [3.05, 3.63) is 57.5 Å². The molecule has 0 atom stereocenters. The molecule has 0 saturated carbocycles. The predicted molar refractivity (Wildman–Crippen MR) is 85.3 cm³/mol. The summed E-state index contributed by atoms with van der Waals surface area (Å²) in [4.78, 5) is 0. The third-order valence-electron chi connectivity index (χ3n) is 2.36. The van der Waals surface area contributed by atoms with Crippen LogP contribution in [-0.4, -0.2) is 18.5 Å². The molecule has 0 saturated heterocycles. The minimum atomic E-state index is -6.09. The second-order valence-electron chi connectivity index (χ2n) is 4.15. The summed E-state index contributed by atoms with van der Waals surface area (Å²) in [6.45, 7) is 0. The molecular formula is C13H10Br2F3NO3S. The average Bonchev–Trinajstić information content (AvgIpc) is 2.42. The van der Waals surface area contributed by atoms with Crippen LogP contribution < -0.4 is 5.32 Å². The molecule has 2 rings (SSSR count). The van der Waals surface area contributed by atoms with Crippen LogP contribution in [0.5, 0.6) is 0 Å². The molecule has 23 heavy (non-hydrogen) atoms. The van der Waals surface area contributed by atoms with E-state index in [0.29, 0.717) is 0 Å². The van der Waals surface area contributed by atoms with Gasteiger partial charge in [0.1, 0.15) is 11.4 Å². The molecule has 0 aliphatic heterocycles. The van der Waals surface area contributed by atoms with Crippen LogP contribution >= 0.6 is 31.9 Å². The summed E-state index contributed by atoms with van der Waals surface area (Å²) in [5.74, 6) is 0. The van der Waals surface area contributed by atoms with Gasteiger partial charge in [0.2, 0.25) is 0 Å². The molecule has 10 heteroatoms. The largest absolute Gasteiger partial charge is 0.741 e. The van der Waals surface area contributed by atoms with Crippen molar-refractivity contribution >= 4 is 53.4 Å². The van der Waals surface area contributed by atoms with Gasteiger partial charge in [-0.15, -0.1) is 0 Å². The molecule has 0 aliphatic carbocycles. The van der Waals surface area contributed by atoms with Crippen LogP contribution in [0.15, 0.2) is 57.5 Å². The highest BCUT2D eigenvalue weighted by Gasteiger charge is 2.36. The van der Waals surface area contributed by atoms with E-state index in [-0.39, 0.29) is 0 Å². The maximum atomic E-state index is 10.7. The summed E-state index contributed by atoms with van der Waals surface area (Å²) < 4.78 is 61.1. The van der Waals surface area contributed by atoms with Crippen LogP contribution in [0.1, 0.15) is 0 Å². The van der Waals surface area contributed by atoms with Crippen molar-refractivity contribution in [1.82, 2.24) is 0 Å². The third kappa shape index (κ3) is 7.44. The topological polar surface area (TPSA) is 73.8 Å². The smallest absolute Gasteiger partial charge is 0.485 e. The SMILES string of the molecule is Brc1ccc([NH2+]c2ccc(Br)cc2)cc1.O=S(=O)([O-])C(F)(F)F. The van der Waals surface area contributed by atoms with Crippen LogP contribution in [0, 0.1) is 0 Å². The van der Waals surface area contributed by atoms with Gasteiger partial charge in [-0.25, -0.2) is 8.42 Å². The lowest BCUT2D eigenvalue weighted by atomic mass is 10.3. The third-order valence-corrected chi connectivity index (χ3v) is 3.98. The molecule has 0 aliphatic rings. The molecule has 0 radical (unpaired) electrons. The Bertz CT molecular complexity index is 689. The lowest BCUT2D eigenvalue weighted by Crippen LogP contribution is -2.70. The fraction of sp³-hybridized carbons (Fsp3) is 0.0769. The van der Waals surface area contributed by atoms with Gasteiger partial charge in [0.25, 0.3) is 0 Å². The van der Waals surface area contributed by atoms with Crippen LogP contribution in [-0.2, 0) is 10.1 Å². The van der Waals surface area contributed by atoms with Crippen LogP contribution in [0.4, 0.5) is 24.5 Å². The number of benzene rings is 2. The van der Waals surface area contributed by atoms with E-state index in [2.05, 4.69) is 61.4 Å². The zero-order chi connectivity index (χ0) is 17.7. The van der Waals surface area contributed by atoms with Gasteiger partial charge in [0.05, 0.1) is 0 Å². The Morgan fingerprint density at radius 2 is 1.09 bits per heavy atom. The molecule has 0 spiro atoms. The highest BCUT2D eigenvalue weighted by Crippen LogP contribution is 2.20. The molecule has 126 valence electrons. The first kappa shape index (κ1) is 20.1. The first-order valence-corrected chi connectivity index (χ1v) is 8.86. The van der Waals surface area contributed by atoms with Gasteiger partial charge in [-0.1, -0.05) is 31.9 Å². The molecule has 0 amide bonds. The second-order valence-corrected chi connectivity index (χ2v) is 7.35. The predicted octanol–water partition coefficient (Wildman–Crippen LogP) is 3.79. The Morgan fingerprint density at radius 3 is 1.30 bits per heavy atom. The average molecular weight is 477 g/mol. The molecule has 0 fully saturated rings. The molecule has 2 N–H and O–H groups in total. The summed E-state index contributed by atoms with van der Waals surface area (Å²) in [5, 5.41) is 2.15. The number of quaternary nitrogens is 1.